The normalized spacial score (nSPS) is 10.5. The molecule has 4 rings (SSSR count). The summed E-state index contributed by atoms with van der Waals surface area (Å²) in [6.07, 6.45) is 0.758. The van der Waals surface area contributed by atoms with Gasteiger partial charge in [0, 0.05) is 23.1 Å². The van der Waals surface area contributed by atoms with Gasteiger partial charge in [0.25, 0.3) is 0 Å². The quantitative estimate of drug-likeness (QED) is 0.265. The number of hydrogen-bond acceptors (Lipinski definition) is 4. The topological polar surface area (TPSA) is 52.6 Å². The first-order valence-corrected chi connectivity index (χ1v) is 11.2. The standard InChI is InChI=1S/C30H26O4/c1-33-27-17-18-28(25(20-27)14-19-29(31)23-10-6-3-7-11-23)30(32)24-12-15-26(16-13-24)34-21-22-8-4-2-5-9-22/h2-13,15-18,20H,14,19,21H2,1H3. The van der Waals surface area contributed by atoms with E-state index in [2.05, 4.69) is 0 Å². The Balaban J connectivity index is 1.48. The molecule has 0 bridgehead atoms. The highest BCUT2D eigenvalue weighted by molar-refractivity contribution is 6.10. The van der Waals surface area contributed by atoms with E-state index in [0.717, 1.165) is 11.1 Å². The monoisotopic (exact) mass is 450 g/mol. The van der Waals surface area contributed by atoms with Crippen LogP contribution in [0.1, 0.15) is 43.8 Å². The maximum absolute atomic E-state index is 13.3. The van der Waals surface area contributed by atoms with E-state index in [4.69, 9.17) is 9.47 Å². The van der Waals surface area contributed by atoms with E-state index < -0.39 is 0 Å². The van der Waals surface area contributed by atoms with Crippen LogP contribution in [0.4, 0.5) is 0 Å². The Labute approximate surface area is 199 Å². The molecule has 0 saturated carbocycles. The van der Waals surface area contributed by atoms with Gasteiger partial charge in [0.05, 0.1) is 7.11 Å². The van der Waals surface area contributed by atoms with Crippen molar-refractivity contribution in [1.82, 2.24) is 0 Å². The molecule has 4 heteroatoms. The third kappa shape index (κ3) is 5.78. The fourth-order valence-corrected chi connectivity index (χ4v) is 3.74. The highest BCUT2D eigenvalue weighted by Gasteiger charge is 2.16. The summed E-state index contributed by atoms with van der Waals surface area (Å²) in [6, 6.07) is 31.6. The van der Waals surface area contributed by atoms with Gasteiger partial charge >= 0.3 is 0 Å². The summed E-state index contributed by atoms with van der Waals surface area (Å²) >= 11 is 0. The maximum atomic E-state index is 13.3. The van der Waals surface area contributed by atoms with E-state index in [0.29, 0.717) is 47.6 Å². The number of aryl methyl sites for hydroxylation is 1. The lowest BCUT2D eigenvalue weighted by atomic mass is 9.94. The van der Waals surface area contributed by atoms with Crippen LogP contribution in [0.3, 0.4) is 0 Å². The van der Waals surface area contributed by atoms with Gasteiger partial charge in [-0.3, -0.25) is 9.59 Å². The first-order chi connectivity index (χ1) is 16.6. The van der Waals surface area contributed by atoms with Crippen molar-refractivity contribution in [2.75, 3.05) is 7.11 Å². The average molecular weight is 451 g/mol. The molecule has 0 atom stereocenters. The minimum absolute atomic E-state index is 0.0433. The summed E-state index contributed by atoms with van der Waals surface area (Å²) in [5, 5.41) is 0. The number of carbonyl (C=O) groups is 2. The molecule has 0 aliphatic carbocycles. The third-order valence-electron chi connectivity index (χ3n) is 5.64. The van der Waals surface area contributed by atoms with Gasteiger partial charge in [-0.1, -0.05) is 60.7 Å². The Kier molecular flexibility index (Phi) is 7.51. The van der Waals surface area contributed by atoms with Crippen LogP contribution in [0.25, 0.3) is 0 Å². The zero-order valence-electron chi connectivity index (χ0n) is 19.1. The van der Waals surface area contributed by atoms with E-state index in [-0.39, 0.29) is 11.6 Å². The zero-order chi connectivity index (χ0) is 23.8. The second kappa shape index (κ2) is 11.1. The Morgan fingerprint density at radius 2 is 1.35 bits per heavy atom. The second-order valence-electron chi connectivity index (χ2n) is 7.94. The van der Waals surface area contributed by atoms with Crippen LogP contribution in [-0.2, 0) is 13.0 Å². The number of ether oxygens (including phenoxy) is 2. The number of rotatable bonds is 10. The van der Waals surface area contributed by atoms with Crippen LogP contribution < -0.4 is 9.47 Å². The predicted molar refractivity (Wildman–Crippen MR) is 133 cm³/mol. The van der Waals surface area contributed by atoms with Gasteiger partial charge in [-0.15, -0.1) is 0 Å². The Bertz CT molecular complexity index is 1250. The van der Waals surface area contributed by atoms with Crippen LogP contribution in [0, 0.1) is 0 Å². The van der Waals surface area contributed by atoms with Gasteiger partial charge in [0.15, 0.2) is 11.6 Å². The predicted octanol–water partition coefficient (Wildman–Crippen LogP) is 6.32. The average Bonchev–Trinajstić information content (AvgIpc) is 2.91. The third-order valence-corrected chi connectivity index (χ3v) is 5.64. The molecule has 0 radical (unpaired) electrons. The van der Waals surface area contributed by atoms with E-state index in [1.807, 2.05) is 54.6 Å². The Morgan fingerprint density at radius 1 is 0.706 bits per heavy atom. The summed E-state index contributed by atoms with van der Waals surface area (Å²) < 4.78 is 11.2. The van der Waals surface area contributed by atoms with E-state index >= 15 is 0 Å². The molecule has 4 aromatic rings. The molecule has 0 unspecified atom stereocenters. The van der Waals surface area contributed by atoms with Crippen molar-refractivity contribution in [2.24, 2.45) is 0 Å². The lowest BCUT2D eigenvalue weighted by molar-refractivity contribution is 0.0979. The fraction of sp³-hybridized carbons (Fsp3) is 0.133. The molecule has 0 saturated heterocycles. The number of hydrogen-bond donors (Lipinski definition) is 0. The highest BCUT2D eigenvalue weighted by atomic mass is 16.5. The Morgan fingerprint density at radius 3 is 2.03 bits per heavy atom. The summed E-state index contributed by atoms with van der Waals surface area (Å²) in [4.78, 5) is 25.9. The number of Topliss-reactive ketones (excluding diaryl/α,β-unsaturated/α-hetero) is 1. The molecule has 0 amide bonds. The van der Waals surface area contributed by atoms with Gasteiger partial charge < -0.3 is 9.47 Å². The van der Waals surface area contributed by atoms with Crippen molar-refractivity contribution in [3.05, 3.63) is 131 Å². The second-order valence-corrected chi connectivity index (χ2v) is 7.94. The molecule has 0 heterocycles. The molecule has 0 N–H and O–H groups in total. The minimum atomic E-state index is -0.0978. The van der Waals surface area contributed by atoms with E-state index in [1.54, 1.807) is 55.6 Å². The van der Waals surface area contributed by atoms with E-state index in [1.165, 1.54) is 0 Å². The summed E-state index contributed by atoms with van der Waals surface area (Å²) in [7, 11) is 1.59. The molecule has 0 aromatic heterocycles. The van der Waals surface area contributed by atoms with Crippen LogP contribution in [0.2, 0.25) is 0 Å². The largest absolute Gasteiger partial charge is 0.497 e. The van der Waals surface area contributed by atoms with Crippen molar-refractivity contribution in [1.29, 1.82) is 0 Å². The molecule has 0 spiro atoms. The lowest BCUT2D eigenvalue weighted by Crippen LogP contribution is -2.08. The molecule has 4 nitrogen and oxygen atoms in total. The summed E-state index contributed by atoms with van der Waals surface area (Å²) in [5.74, 6) is 1.30. The molecule has 0 fully saturated rings. The fourth-order valence-electron chi connectivity index (χ4n) is 3.74. The number of methoxy groups -OCH3 is 1. The summed E-state index contributed by atoms with van der Waals surface area (Å²) in [5.41, 5.74) is 3.67. The summed E-state index contributed by atoms with van der Waals surface area (Å²) in [6.45, 7) is 0.464. The van der Waals surface area contributed by atoms with Crippen LogP contribution in [0.15, 0.2) is 103 Å². The van der Waals surface area contributed by atoms with Gasteiger partial charge in [0.2, 0.25) is 0 Å². The first kappa shape index (κ1) is 23.0. The number of ketones is 2. The van der Waals surface area contributed by atoms with Crippen molar-refractivity contribution >= 4 is 11.6 Å². The van der Waals surface area contributed by atoms with Crippen molar-refractivity contribution in [3.63, 3.8) is 0 Å². The van der Waals surface area contributed by atoms with Crippen LogP contribution in [-0.4, -0.2) is 18.7 Å². The van der Waals surface area contributed by atoms with Gasteiger partial charge in [0.1, 0.15) is 18.1 Å². The first-order valence-electron chi connectivity index (χ1n) is 11.2. The Hall–Kier alpha value is -4.18. The molecule has 4 aromatic carbocycles. The molecular weight excluding hydrogens is 424 g/mol. The smallest absolute Gasteiger partial charge is 0.193 e. The molecule has 34 heavy (non-hydrogen) atoms. The van der Waals surface area contributed by atoms with Crippen molar-refractivity contribution in [2.45, 2.75) is 19.4 Å². The van der Waals surface area contributed by atoms with Gasteiger partial charge in [-0.05, 0) is 60.0 Å². The van der Waals surface area contributed by atoms with E-state index in [9.17, 15) is 9.59 Å². The molecule has 170 valence electrons. The van der Waals surface area contributed by atoms with Crippen molar-refractivity contribution in [3.8, 4) is 11.5 Å². The lowest BCUT2D eigenvalue weighted by Gasteiger charge is -2.12. The SMILES string of the molecule is COc1ccc(C(=O)c2ccc(OCc3ccccc3)cc2)c(CCC(=O)c2ccccc2)c1. The molecule has 0 aliphatic heterocycles. The zero-order valence-corrected chi connectivity index (χ0v) is 19.1. The van der Waals surface area contributed by atoms with Crippen molar-refractivity contribution < 1.29 is 19.1 Å². The molecule has 0 aliphatic rings. The van der Waals surface area contributed by atoms with Crippen LogP contribution in [0.5, 0.6) is 11.5 Å². The van der Waals surface area contributed by atoms with Gasteiger partial charge in [-0.25, -0.2) is 0 Å². The van der Waals surface area contributed by atoms with Gasteiger partial charge in [-0.2, -0.15) is 0 Å². The maximum Gasteiger partial charge on any atom is 0.193 e. The molecular formula is C30H26O4. The minimum Gasteiger partial charge on any atom is -0.497 e. The van der Waals surface area contributed by atoms with Crippen LogP contribution >= 0.6 is 0 Å². The highest BCUT2D eigenvalue weighted by Crippen LogP contribution is 2.24. The number of carbonyl (C=O) groups excluding carboxylic acids is 2. The number of benzene rings is 4.